The Bertz CT molecular complexity index is 355. The summed E-state index contributed by atoms with van der Waals surface area (Å²) in [4.78, 5) is 11.7. The number of halogens is 1. The Morgan fingerprint density at radius 1 is 1.41 bits per heavy atom. The summed E-state index contributed by atoms with van der Waals surface area (Å²) in [5, 5.41) is 2.86. The SMILES string of the molecule is CCCOCCCNC(=O)c1cccc(Br)c1. The van der Waals surface area contributed by atoms with Crippen LogP contribution in [0.1, 0.15) is 30.1 Å². The van der Waals surface area contributed by atoms with Gasteiger partial charge in [-0.2, -0.15) is 0 Å². The van der Waals surface area contributed by atoms with E-state index in [2.05, 4.69) is 28.2 Å². The maximum Gasteiger partial charge on any atom is 0.251 e. The molecule has 0 heterocycles. The molecule has 0 unspecified atom stereocenters. The number of benzene rings is 1. The van der Waals surface area contributed by atoms with Gasteiger partial charge in [-0.05, 0) is 31.0 Å². The molecule has 3 nitrogen and oxygen atoms in total. The van der Waals surface area contributed by atoms with Crippen LogP contribution in [0.3, 0.4) is 0 Å². The molecular formula is C13H18BrNO2. The van der Waals surface area contributed by atoms with Gasteiger partial charge in [-0.3, -0.25) is 4.79 Å². The smallest absolute Gasteiger partial charge is 0.251 e. The molecule has 0 bridgehead atoms. The highest BCUT2D eigenvalue weighted by Crippen LogP contribution is 2.11. The Balaban J connectivity index is 2.21. The van der Waals surface area contributed by atoms with Crippen LogP contribution in [-0.4, -0.2) is 25.7 Å². The first kappa shape index (κ1) is 14.2. The van der Waals surface area contributed by atoms with Crippen LogP contribution in [-0.2, 0) is 4.74 Å². The first-order valence-electron chi connectivity index (χ1n) is 5.85. The fraction of sp³-hybridized carbons (Fsp3) is 0.462. The van der Waals surface area contributed by atoms with Crippen molar-refractivity contribution in [3.8, 4) is 0 Å². The van der Waals surface area contributed by atoms with Gasteiger partial charge in [-0.15, -0.1) is 0 Å². The Morgan fingerprint density at radius 3 is 2.94 bits per heavy atom. The molecule has 0 spiro atoms. The predicted molar refractivity (Wildman–Crippen MR) is 72.2 cm³/mol. The zero-order valence-corrected chi connectivity index (χ0v) is 11.6. The van der Waals surface area contributed by atoms with E-state index in [0.29, 0.717) is 18.7 Å². The number of hydrogen-bond acceptors (Lipinski definition) is 2. The Morgan fingerprint density at radius 2 is 2.24 bits per heavy atom. The van der Waals surface area contributed by atoms with Crippen LogP contribution in [0.15, 0.2) is 28.7 Å². The quantitative estimate of drug-likeness (QED) is 0.786. The molecule has 1 rings (SSSR count). The predicted octanol–water partition coefficient (Wildman–Crippen LogP) is 3.00. The highest BCUT2D eigenvalue weighted by Gasteiger charge is 2.04. The summed E-state index contributed by atoms with van der Waals surface area (Å²) < 4.78 is 6.24. The van der Waals surface area contributed by atoms with Crippen LogP contribution in [0.2, 0.25) is 0 Å². The molecule has 1 N–H and O–H groups in total. The fourth-order valence-electron chi connectivity index (χ4n) is 1.35. The van der Waals surface area contributed by atoms with E-state index in [-0.39, 0.29) is 5.91 Å². The van der Waals surface area contributed by atoms with Crippen molar-refractivity contribution in [2.45, 2.75) is 19.8 Å². The Labute approximate surface area is 111 Å². The lowest BCUT2D eigenvalue weighted by Gasteiger charge is -2.06. The minimum absolute atomic E-state index is 0.0400. The van der Waals surface area contributed by atoms with Gasteiger partial charge in [0.15, 0.2) is 0 Å². The molecule has 94 valence electrons. The van der Waals surface area contributed by atoms with Crippen molar-refractivity contribution in [3.05, 3.63) is 34.3 Å². The maximum atomic E-state index is 11.7. The fourth-order valence-corrected chi connectivity index (χ4v) is 1.75. The van der Waals surface area contributed by atoms with E-state index in [4.69, 9.17) is 4.74 Å². The lowest BCUT2D eigenvalue weighted by molar-refractivity contribution is 0.0941. The highest BCUT2D eigenvalue weighted by molar-refractivity contribution is 9.10. The van der Waals surface area contributed by atoms with Gasteiger partial charge >= 0.3 is 0 Å². The lowest BCUT2D eigenvalue weighted by Crippen LogP contribution is -2.25. The summed E-state index contributed by atoms with van der Waals surface area (Å²) in [5.74, 6) is -0.0400. The van der Waals surface area contributed by atoms with E-state index in [9.17, 15) is 4.79 Å². The molecule has 0 aliphatic carbocycles. The molecular weight excluding hydrogens is 282 g/mol. The zero-order chi connectivity index (χ0) is 12.5. The number of amides is 1. The first-order valence-corrected chi connectivity index (χ1v) is 6.65. The molecule has 0 atom stereocenters. The topological polar surface area (TPSA) is 38.3 Å². The molecule has 1 aromatic rings. The highest BCUT2D eigenvalue weighted by atomic mass is 79.9. The summed E-state index contributed by atoms with van der Waals surface area (Å²) in [5.41, 5.74) is 0.675. The standard InChI is InChI=1S/C13H18BrNO2/c1-2-8-17-9-4-7-15-13(16)11-5-3-6-12(14)10-11/h3,5-6,10H,2,4,7-9H2,1H3,(H,15,16). The third-order valence-electron chi connectivity index (χ3n) is 2.19. The molecule has 0 aliphatic rings. The lowest BCUT2D eigenvalue weighted by atomic mass is 10.2. The first-order chi connectivity index (χ1) is 8.24. The van der Waals surface area contributed by atoms with Crippen molar-refractivity contribution in [1.82, 2.24) is 5.32 Å². The monoisotopic (exact) mass is 299 g/mol. The third-order valence-corrected chi connectivity index (χ3v) is 2.68. The van der Waals surface area contributed by atoms with Crippen LogP contribution in [0, 0.1) is 0 Å². The minimum atomic E-state index is -0.0400. The summed E-state index contributed by atoms with van der Waals surface area (Å²) in [6.45, 7) is 4.22. The van der Waals surface area contributed by atoms with Crippen molar-refractivity contribution >= 4 is 21.8 Å². The average molecular weight is 300 g/mol. The van der Waals surface area contributed by atoms with E-state index in [1.165, 1.54) is 0 Å². The Hall–Kier alpha value is -0.870. The second-order valence-corrected chi connectivity index (χ2v) is 4.65. The van der Waals surface area contributed by atoms with Gasteiger partial charge in [0.25, 0.3) is 5.91 Å². The van der Waals surface area contributed by atoms with Gasteiger partial charge in [-0.1, -0.05) is 28.9 Å². The molecule has 1 amide bonds. The van der Waals surface area contributed by atoms with E-state index in [1.54, 1.807) is 6.07 Å². The average Bonchev–Trinajstić information content (AvgIpc) is 2.33. The Kier molecular flexibility index (Phi) is 6.89. The van der Waals surface area contributed by atoms with Crippen molar-refractivity contribution in [2.24, 2.45) is 0 Å². The van der Waals surface area contributed by atoms with Crippen LogP contribution in [0.5, 0.6) is 0 Å². The van der Waals surface area contributed by atoms with Crippen molar-refractivity contribution in [2.75, 3.05) is 19.8 Å². The third kappa shape index (κ3) is 5.84. The zero-order valence-electron chi connectivity index (χ0n) is 10.0. The molecule has 0 saturated carbocycles. The molecule has 0 radical (unpaired) electrons. The van der Waals surface area contributed by atoms with Gasteiger partial charge in [0.2, 0.25) is 0 Å². The summed E-state index contributed by atoms with van der Waals surface area (Å²) in [6, 6.07) is 7.36. The molecule has 0 saturated heterocycles. The van der Waals surface area contributed by atoms with Crippen molar-refractivity contribution in [1.29, 1.82) is 0 Å². The van der Waals surface area contributed by atoms with Gasteiger partial charge < -0.3 is 10.1 Å². The second kappa shape index (κ2) is 8.25. The largest absolute Gasteiger partial charge is 0.381 e. The van der Waals surface area contributed by atoms with Crippen LogP contribution in [0.25, 0.3) is 0 Å². The number of carbonyl (C=O) groups excluding carboxylic acids is 1. The van der Waals surface area contributed by atoms with E-state index >= 15 is 0 Å². The normalized spacial score (nSPS) is 10.2. The summed E-state index contributed by atoms with van der Waals surface area (Å²) in [7, 11) is 0. The maximum absolute atomic E-state index is 11.7. The number of nitrogens with one attached hydrogen (secondary N) is 1. The summed E-state index contributed by atoms with van der Waals surface area (Å²) >= 11 is 3.34. The minimum Gasteiger partial charge on any atom is -0.381 e. The number of rotatable bonds is 7. The van der Waals surface area contributed by atoms with Crippen LogP contribution >= 0.6 is 15.9 Å². The molecule has 0 fully saturated rings. The molecule has 0 aliphatic heterocycles. The summed E-state index contributed by atoms with van der Waals surface area (Å²) in [6.07, 6.45) is 1.88. The van der Waals surface area contributed by atoms with Gasteiger partial charge in [-0.25, -0.2) is 0 Å². The van der Waals surface area contributed by atoms with Gasteiger partial charge in [0.05, 0.1) is 0 Å². The van der Waals surface area contributed by atoms with Gasteiger partial charge in [0.1, 0.15) is 0 Å². The number of carbonyl (C=O) groups is 1. The van der Waals surface area contributed by atoms with E-state index < -0.39 is 0 Å². The number of hydrogen-bond donors (Lipinski definition) is 1. The van der Waals surface area contributed by atoms with Crippen molar-refractivity contribution < 1.29 is 9.53 Å². The number of ether oxygens (including phenoxy) is 1. The van der Waals surface area contributed by atoms with Gasteiger partial charge in [0, 0.05) is 29.8 Å². The van der Waals surface area contributed by atoms with Crippen LogP contribution < -0.4 is 5.32 Å². The van der Waals surface area contributed by atoms with Crippen molar-refractivity contribution in [3.63, 3.8) is 0 Å². The molecule has 17 heavy (non-hydrogen) atoms. The van der Waals surface area contributed by atoms with E-state index in [0.717, 1.165) is 23.9 Å². The molecule has 4 heteroatoms. The molecule has 0 aromatic heterocycles. The van der Waals surface area contributed by atoms with Crippen LogP contribution in [0.4, 0.5) is 0 Å². The molecule has 1 aromatic carbocycles. The van der Waals surface area contributed by atoms with E-state index in [1.807, 2.05) is 18.2 Å². The second-order valence-electron chi connectivity index (χ2n) is 3.73.